The van der Waals surface area contributed by atoms with E-state index in [0.717, 1.165) is 5.56 Å². The molecule has 0 fully saturated rings. The third kappa shape index (κ3) is 3.96. The summed E-state index contributed by atoms with van der Waals surface area (Å²) in [6, 6.07) is 11.4. The summed E-state index contributed by atoms with van der Waals surface area (Å²) in [5, 5.41) is 2.54. The molecule has 2 aromatic carbocycles. The van der Waals surface area contributed by atoms with Gasteiger partial charge in [0.2, 0.25) is 0 Å². The Bertz CT molecular complexity index is 631. The Kier molecular flexibility index (Phi) is 4.58. The van der Waals surface area contributed by atoms with Gasteiger partial charge in [-0.2, -0.15) is 0 Å². The molecule has 0 aliphatic rings. The first-order valence-electron chi connectivity index (χ1n) is 5.99. The van der Waals surface area contributed by atoms with Gasteiger partial charge in [0, 0.05) is 5.69 Å². The summed E-state index contributed by atoms with van der Waals surface area (Å²) in [5.74, 6) is -0.243. The van der Waals surface area contributed by atoms with E-state index >= 15 is 0 Å². The van der Waals surface area contributed by atoms with Crippen LogP contribution in [0.5, 0.6) is 5.75 Å². The van der Waals surface area contributed by atoms with E-state index in [9.17, 15) is 9.18 Å². The minimum atomic E-state index is -0.527. The molecule has 0 heterocycles. The summed E-state index contributed by atoms with van der Waals surface area (Å²) >= 11 is 5.63. The molecule has 2 aromatic rings. The molecular formula is C15H13ClFNO2. The zero-order valence-electron chi connectivity index (χ0n) is 10.8. The van der Waals surface area contributed by atoms with E-state index in [0.29, 0.717) is 11.4 Å². The van der Waals surface area contributed by atoms with Gasteiger partial charge in [0.15, 0.2) is 6.61 Å². The highest BCUT2D eigenvalue weighted by molar-refractivity contribution is 6.31. The van der Waals surface area contributed by atoms with Crippen LogP contribution in [0.1, 0.15) is 5.56 Å². The third-order valence-corrected chi connectivity index (χ3v) is 2.85. The van der Waals surface area contributed by atoms with Crippen LogP contribution in [0.15, 0.2) is 42.5 Å². The Hall–Kier alpha value is -2.07. The Morgan fingerprint density at radius 2 is 2.10 bits per heavy atom. The molecule has 0 radical (unpaired) electrons. The highest BCUT2D eigenvalue weighted by atomic mass is 35.5. The van der Waals surface area contributed by atoms with E-state index in [4.69, 9.17) is 16.3 Å². The van der Waals surface area contributed by atoms with Crippen molar-refractivity contribution in [2.75, 3.05) is 11.9 Å². The molecule has 2 rings (SSSR count). The first-order valence-corrected chi connectivity index (χ1v) is 6.37. The summed E-state index contributed by atoms with van der Waals surface area (Å²) in [6.07, 6.45) is 0. The summed E-state index contributed by atoms with van der Waals surface area (Å²) in [7, 11) is 0. The first kappa shape index (κ1) is 14.3. The number of benzene rings is 2. The number of nitrogens with one attached hydrogen (secondary N) is 1. The maximum atomic E-state index is 13.0. The lowest BCUT2D eigenvalue weighted by Gasteiger charge is -2.08. The molecule has 0 saturated heterocycles. The van der Waals surface area contributed by atoms with Gasteiger partial charge in [-0.1, -0.05) is 23.7 Å². The lowest BCUT2D eigenvalue weighted by atomic mass is 10.2. The van der Waals surface area contributed by atoms with Crippen LogP contribution < -0.4 is 10.1 Å². The Balaban J connectivity index is 1.91. The number of amides is 1. The average Bonchev–Trinajstić information content (AvgIpc) is 2.41. The zero-order chi connectivity index (χ0) is 14.5. The van der Waals surface area contributed by atoms with Crippen molar-refractivity contribution >= 4 is 23.2 Å². The van der Waals surface area contributed by atoms with Crippen LogP contribution in [-0.4, -0.2) is 12.5 Å². The molecule has 104 valence electrons. The SMILES string of the molecule is Cc1cccc(OCC(=O)Nc2ccc(F)c(Cl)c2)c1. The molecule has 1 N–H and O–H groups in total. The maximum Gasteiger partial charge on any atom is 0.262 e. The molecule has 0 aliphatic carbocycles. The van der Waals surface area contributed by atoms with Gasteiger partial charge in [-0.15, -0.1) is 0 Å². The van der Waals surface area contributed by atoms with Gasteiger partial charge in [0.25, 0.3) is 5.91 Å². The van der Waals surface area contributed by atoms with Gasteiger partial charge in [-0.05, 0) is 42.8 Å². The Morgan fingerprint density at radius 3 is 2.80 bits per heavy atom. The lowest BCUT2D eigenvalue weighted by Crippen LogP contribution is -2.20. The molecule has 0 unspecified atom stereocenters. The van der Waals surface area contributed by atoms with Crippen LogP contribution in [0.25, 0.3) is 0 Å². The largest absolute Gasteiger partial charge is 0.484 e. The molecular weight excluding hydrogens is 281 g/mol. The topological polar surface area (TPSA) is 38.3 Å². The Labute approximate surface area is 121 Å². The van der Waals surface area contributed by atoms with E-state index in [1.807, 2.05) is 25.1 Å². The highest BCUT2D eigenvalue weighted by Gasteiger charge is 2.06. The molecule has 0 saturated carbocycles. The van der Waals surface area contributed by atoms with E-state index in [2.05, 4.69) is 5.32 Å². The number of hydrogen-bond acceptors (Lipinski definition) is 2. The second-order valence-corrected chi connectivity index (χ2v) is 4.69. The molecule has 0 atom stereocenters. The van der Waals surface area contributed by atoms with Crippen molar-refractivity contribution in [3.8, 4) is 5.75 Å². The van der Waals surface area contributed by atoms with E-state index in [1.165, 1.54) is 18.2 Å². The minimum Gasteiger partial charge on any atom is -0.484 e. The van der Waals surface area contributed by atoms with Crippen molar-refractivity contribution in [1.29, 1.82) is 0 Å². The summed E-state index contributed by atoms with van der Waals surface area (Å²) < 4.78 is 18.3. The van der Waals surface area contributed by atoms with E-state index in [-0.39, 0.29) is 17.5 Å². The van der Waals surface area contributed by atoms with Gasteiger partial charge in [-0.3, -0.25) is 4.79 Å². The summed E-state index contributed by atoms with van der Waals surface area (Å²) in [6.45, 7) is 1.81. The smallest absolute Gasteiger partial charge is 0.262 e. The average molecular weight is 294 g/mol. The second kappa shape index (κ2) is 6.39. The minimum absolute atomic E-state index is 0.0394. The first-order chi connectivity index (χ1) is 9.54. The van der Waals surface area contributed by atoms with E-state index < -0.39 is 5.82 Å². The van der Waals surface area contributed by atoms with Gasteiger partial charge in [-0.25, -0.2) is 4.39 Å². The molecule has 0 aliphatic heterocycles. The van der Waals surface area contributed by atoms with Crippen LogP contribution in [0.4, 0.5) is 10.1 Å². The molecule has 5 heteroatoms. The van der Waals surface area contributed by atoms with Crippen LogP contribution in [0.3, 0.4) is 0 Å². The second-order valence-electron chi connectivity index (χ2n) is 4.28. The number of carbonyl (C=O) groups is 1. The summed E-state index contributed by atoms with van der Waals surface area (Å²) in [5.41, 5.74) is 1.47. The zero-order valence-corrected chi connectivity index (χ0v) is 11.6. The predicted molar refractivity (Wildman–Crippen MR) is 76.7 cm³/mol. The van der Waals surface area contributed by atoms with Crippen LogP contribution in [0.2, 0.25) is 5.02 Å². The molecule has 1 amide bonds. The molecule has 0 aromatic heterocycles. The van der Waals surface area contributed by atoms with Crippen LogP contribution >= 0.6 is 11.6 Å². The quantitative estimate of drug-likeness (QED) is 0.931. The fourth-order valence-electron chi connectivity index (χ4n) is 1.62. The number of ether oxygens (including phenoxy) is 1. The van der Waals surface area contributed by atoms with Crippen molar-refractivity contribution in [3.63, 3.8) is 0 Å². The number of rotatable bonds is 4. The number of halogens is 2. The van der Waals surface area contributed by atoms with Crippen molar-refractivity contribution in [2.24, 2.45) is 0 Å². The predicted octanol–water partition coefficient (Wildman–Crippen LogP) is 3.81. The fourth-order valence-corrected chi connectivity index (χ4v) is 1.81. The number of anilines is 1. The van der Waals surface area contributed by atoms with Gasteiger partial charge >= 0.3 is 0 Å². The lowest BCUT2D eigenvalue weighted by molar-refractivity contribution is -0.118. The van der Waals surface area contributed by atoms with Crippen LogP contribution in [0, 0.1) is 12.7 Å². The molecule has 3 nitrogen and oxygen atoms in total. The molecule has 20 heavy (non-hydrogen) atoms. The van der Waals surface area contributed by atoms with E-state index in [1.54, 1.807) is 6.07 Å². The number of hydrogen-bond donors (Lipinski definition) is 1. The maximum absolute atomic E-state index is 13.0. The Morgan fingerprint density at radius 1 is 1.30 bits per heavy atom. The van der Waals surface area contributed by atoms with Crippen molar-refractivity contribution in [2.45, 2.75) is 6.92 Å². The normalized spacial score (nSPS) is 10.2. The van der Waals surface area contributed by atoms with Gasteiger partial charge < -0.3 is 10.1 Å². The van der Waals surface area contributed by atoms with Crippen LogP contribution in [-0.2, 0) is 4.79 Å². The molecule has 0 spiro atoms. The van der Waals surface area contributed by atoms with Crippen molar-refractivity contribution in [1.82, 2.24) is 0 Å². The molecule has 0 bridgehead atoms. The van der Waals surface area contributed by atoms with Gasteiger partial charge in [0.1, 0.15) is 11.6 Å². The summed E-state index contributed by atoms with van der Waals surface area (Å²) in [4.78, 5) is 11.7. The number of aryl methyl sites for hydroxylation is 1. The highest BCUT2D eigenvalue weighted by Crippen LogP contribution is 2.19. The fraction of sp³-hybridized carbons (Fsp3) is 0.133. The van der Waals surface area contributed by atoms with Crippen molar-refractivity contribution < 1.29 is 13.9 Å². The number of carbonyl (C=O) groups excluding carboxylic acids is 1. The third-order valence-electron chi connectivity index (χ3n) is 2.56. The van der Waals surface area contributed by atoms with Crippen molar-refractivity contribution in [3.05, 3.63) is 58.9 Å². The standard InChI is InChI=1S/C15H13ClFNO2/c1-10-3-2-4-12(7-10)20-9-15(19)18-11-5-6-14(17)13(16)8-11/h2-8H,9H2,1H3,(H,18,19). The van der Waals surface area contributed by atoms with Gasteiger partial charge in [0.05, 0.1) is 5.02 Å². The monoisotopic (exact) mass is 293 g/mol.